The Kier molecular flexibility index (Phi) is 4.86. The normalized spacial score (nSPS) is 14.6. The van der Waals surface area contributed by atoms with E-state index < -0.39 is 0 Å². The van der Waals surface area contributed by atoms with Crippen molar-refractivity contribution in [3.63, 3.8) is 0 Å². The molecule has 0 bridgehead atoms. The first-order valence-corrected chi connectivity index (χ1v) is 8.41. The first kappa shape index (κ1) is 16.5. The van der Waals surface area contributed by atoms with Crippen molar-refractivity contribution in [2.24, 2.45) is 0 Å². The van der Waals surface area contributed by atoms with Gasteiger partial charge in [-0.05, 0) is 49.6 Å². The maximum absolute atomic E-state index is 12.4. The van der Waals surface area contributed by atoms with Crippen molar-refractivity contribution in [2.45, 2.75) is 26.2 Å². The lowest BCUT2D eigenvalue weighted by atomic mass is 10.1. The summed E-state index contributed by atoms with van der Waals surface area (Å²) in [6, 6.07) is 12.5. The Balaban J connectivity index is 1.85. The van der Waals surface area contributed by atoms with Crippen LogP contribution < -0.4 is 10.2 Å². The predicted molar refractivity (Wildman–Crippen MR) is 96.8 cm³/mol. The Labute approximate surface area is 146 Å². The minimum Gasteiger partial charge on any atom is -0.322 e. The van der Waals surface area contributed by atoms with E-state index in [0.717, 1.165) is 30.6 Å². The number of nitrogens with zero attached hydrogens (tertiary/aromatic N) is 1. The molecule has 1 saturated heterocycles. The third-order valence-electron chi connectivity index (χ3n) is 4.20. The van der Waals surface area contributed by atoms with E-state index in [9.17, 15) is 9.59 Å². The van der Waals surface area contributed by atoms with Crippen LogP contribution in [0, 0.1) is 6.92 Å². The molecule has 0 aliphatic carbocycles. The van der Waals surface area contributed by atoms with Crippen LogP contribution >= 0.6 is 11.6 Å². The van der Waals surface area contributed by atoms with Crippen LogP contribution in [-0.2, 0) is 4.79 Å². The molecule has 3 rings (SSSR count). The standard InChI is InChI=1S/C19H19ClN2O2/c1-13-9-10-14(12-17(13)22-11-5-4-8-18(22)23)21-19(24)15-6-2-3-7-16(15)20/h2-3,6-7,9-10,12H,4-5,8,11H2,1H3,(H,21,24). The maximum atomic E-state index is 12.4. The van der Waals surface area contributed by atoms with Gasteiger partial charge in [-0.15, -0.1) is 0 Å². The van der Waals surface area contributed by atoms with Crippen LogP contribution in [0.5, 0.6) is 0 Å². The van der Waals surface area contributed by atoms with Gasteiger partial charge in [0.1, 0.15) is 0 Å². The Morgan fingerprint density at radius 1 is 1.17 bits per heavy atom. The molecule has 1 heterocycles. The van der Waals surface area contributed by atoms with E-state index >= 15 is 0 Å². The summed E-state index contributed by atoms with van der Waals surface area (Å²) in [6.07, 6.45) is 2.52. The fraction of sp³-hybridized carbons (Fsp3) is 0.263. The molecule has 1 fully saturated rings. The van der Waals surface area contributed by atoms with Crippen LogP contribution in [0.2, 0.25) is 5.02 Å². The van der Waals surface area contributed by atoms with Crippen molar-refractivity contribution >= 4 is 34.8 Å². The van der Waals surface area contributed by atoms with Gasteiger partial charge in [-0.25, -0.2) is 0 Å². The lowest BCUT2D eigenvalue weighted by Crippen LogP contribution is -2.35. The van der Waals surface area contributed by atoms with E-state index in [1.165, 1.54) is 0 Å². The lowest BCUT2D eigenvalue weighted by molar-refractivity contribution is -0.119. The van der Waals surface area contributed by atoms with Gasteiger partial charge in [-0.2, -0.15) is 0 Å². The quantitative estimate of drug-likeness (QED) is 0.897. The average molecular weight is 343 g/mol. The van der Waals surface area contributed by atoms with Crippen molar-refractivity contribution < 1.29 is 9.59 Å². The summed E-state index contributed by atoms with van der Waals surface area (Å²) < 4.78 is 0. The van der Waals surface area contributed by atoms with Gasteiger partial charge in [0.2, 0.25) is 5.91 Å². The van der Waals surface area contributed by atoms with Gasteiger partial charge in [0.15, 0.2) is 0 Å². The Bertz CT molecular complexity index is 789. The van der Waals surface area contributed by atoms with Crippen LogP contribution in [0.25, 0.3) is 0 Å². The molecule has 2 aromatic carbocycles. The van der Waals surface area contributed by atoms with Gasteiger partial charge in [0.05, 0.1) is 10.6 Å². The third-order valence-corrected chi connectivity index (χ3v) is 4.53. The molecule has 1 aliphatic rings. The number of aryl methyl sites for hydroxylation is 1. The summed E-state index contributed by atoms with van der Waals surface area (Å²) in [5.41, 5.74) is 2.95. The Morgan fingerprint density at radius 3 is 2.71 bits per heavy atom. The monoisotopic (exact) mass is 342 g/mol. The van der Waals surface area contributed by atoms with Crippen molar-refractivity contribution in [2.75, 3.05) is 16.8 Å². The molecule has 0 spiro atoms. The molecule has 4 nitrogen and oxygen atoms in total. The number of anilines is 2. The van der Waals surface area contributed by atoms with Gasteiger partial charge in [-0.1, -0.05) is 29.8 Å². The highest BCUT2D eigenvalue weighted by Gasteiger charge is 2.21. The molecular formula is C19H19ClN2O2. The number of amides is 2. The molecule has 0 saturated carbocycles. The second-order valence-electron chi connectivity index (χ2n) is 5.94. The van der Waals surface area contributed by atoms with Gasteiger partial charge < -0.3 is 10.2 Å². The molecule has 0 aromatic heterocycles. The summed E-state index contributed by atoms with van der Waals surface area (Å²) in [6.45, 7) is 2.69. The first-order chi connectivity index (χ1) is 11.6. The summed E-state index contributed by atoms with van der Waals surface area (Å²) in [5.74, 6) is -0.126. The largest absolute Gasteiger partial charge is 0.322 e. The number of piperidine rings is 1. The van der Waals surface area contributed by atoms with E-state index in [4.69, 9.17) is 11.6 Å². The summed E-state index contributed by atoms with van der Waals surface area (Å²) in [4.78, 5) is 26.4. The fourth-order valence-electron chi connectivity index (χ4n) is 2.88. The predicted octanol–water partition coefficient (Wildman–Crippen LogP) is 4.42. The molecule has 24 heavy (non-hydrogen) atoms. The molecule has 0 atom stereocenters. The molecule has 5 heteroatoms. The maximum Gasteiger partial charge on any atom is 0.257 e. The van der Waals surface area contributed by atoms with Crippen molar-refractivity contribution in [1.82, 2.24) is 0 Å². The number of carbonyl (C=O) groups is 2. The molecule has 1 N–H and O–H groups in total. The average Bonchev–Trinajstić information content (AvgIpc) is 2.57. The van der Waals surface area contributed by atoms with Crippen LogP contribution in [0.3, 0.4) is 0 Å². The van der Waals surface area contributed by atoms with E-state index in [0.29, 0.717) is 22.7 Å². The molecule has 124 valence electrons. The zero-order chi connectivity index (χ0) is 17.1. The van der Waals surface area contributed by atoms with Crippen molar-refractivity contribution in [3.05, 3.63) is 58.6 Å². The number of halogens is 1. The van der Waals surface area contributed by atoms with Crippen LogP contribution in [0.15, 0.2) is 42.5 Å². The third kappa shape index (κ3) is 3.44. The molecule has 2 amide bonds. The number of hydrogen-bond donors (Lipinski definition) is 1. The first-order valence-electron chi connectivity index (χ1n) is 8.03. The van der Waals surface area contributed by atoms with Crippen LogP contribution in [-0.4, -0.2) is 18.4 Å². The fourth-order valence-corrected chi connectivity index (χ4v) is 3.10. The summed E-state index contributed by atoms with van der Waals surface area (Å²) in [7, 11) is 0. The molecule has 1 aliphatic heterocycles. The SMILES string of the molecule is Cc1ccc(NC(=O)c2ccccc2Cl)cc1N1CCCCC1=O. The second kappa shape index (κ2) is 7.05. The number of hydrogen-bond acceptors (Lipinski definition) is 2. The van der Waals surface area contributed by atoms with E-state index in [1.54, 1.807) is 24.3 Å². The molecule has 0 unspecified atom stereocenters. The highest BCUT2D eigenvalue weighted by molar-refractivity contribution is 6.34. The van der Waals surface area contributed by atoms with E-state index in [1.807, 2.05) is 30.0 Å². The Morgan fingerprint density at radius 2 is 1.96 bits per heavy atom. The smallest absolute Gasteiger partial charge is 0.257 e. The summed E-state index contributed by atoms with van der Waals surface area (Å²) in [5, 5.41) is 3.27. The zero-order valence-electron chi connectivity index (χ0n) is 13.5. The van der Waals surface area contributed by atoms with E-state index in [-0.39, 0.29) is 11.8 Å². The lowest BCUT2D eigenvalue weighted by Gasteiger charge is -2.28. The highest BCUT2D eigenvalue weighted by Crippen LogP contribution is 2.28. The highest BCUT2D eigenvalue weighted by atomic mass is 35.5. The number of nitrogens with one attached hydrogen (secondary N) is 1. The van der Waals surface area contributed by atoms with Gasteiger partial charge in [-0.3, -0.25) is 9.59 Å². The minimum atomic E-state index is -0.264. The zero-order valence-corrected chi connectivity index (χ0v) is 14.3. The van der Waals surface area contributed by atoms with Gasteiger partial charge >= 0.3 is 0 Å². The van der Waals surface area contributed by atoms with Crippen LogP contribution in [0.1, 0.15) is 35.2 Å². The number of carbonyl (C=O) groups excluding carboxylic acids is 2. The minimum absolute atomic E-state index is 0.138. The Hall–Kier alpha value is -2.33. The van der Waals surface area contributed by atoms with Crippen LogP contribution in [0.4, 0.5) is 11.4 Å². The summed E-state index contributed by atoms with van der Waals surface area (Å²) >= 11 is 6.07. The van der Waals surface area contributed by atoms with Crippen molar-refractivity contribution in [3.8, 4) is 0 Å². The van der Waals surface area contributed by atoms with Gasteiger partial charge in [0.25, 0.3) is 5.91 Å². The number of benzene rings is 2. The van der Waals surface area contributed by atoms with Gasteiger partial charge in [0, 0.05) is 24.3 Å². The topological polar surface area (TPSA) is 49.4 Å². The molecule has 0 radical (unpaired) electrons. The molecular weight excluding hydrogens is 324 g/mol. The molecule has 2 aromatic rings. The second-order valence-corrected chi connectivity index (χ2v) is 6.34. The van der Waals surface area contributed by atoms with Crippen molar-refractivity contribution in [1.29, 1.82) is 0 Å². The van der Waals surface area contributed by atoms with E-state index in [2.05, 4.69) is 5.32 Å². The number of rotatable bonds is 3.